The van der Waals surface area contributed by atoms with Crippen molar-refractivity contribution in [2.75, 3.05) is 0 Å². The largest absolute Gasteiger partial charge is 0.481 e. The summed E-state index contributed by atoms with van der Waals surface area (Å²) < 4.78 is 0. The van der Waals surface area contributed by atoms with Crippen molar-refractivity contribution in [3.8, 4) is 24.7 Å². The Morgan fingerprint density at radius 2 is 1.62 bits per heavy atom. The third kappa shape index (κ3) is 25.5. The molecule has 0 aromatic carbocycles. The molecule has 0 bridgehead atoms. The first-order valence-electron chi connectivity index (χ1n) is 3.35. The molecule has 0 aromatic heterocycles. The fraction of sp³-hybridized carbons (Fsp3) is 0.333. The molecule has 0 spiro atoms. The van der Waals surface area contributed by atoms with Crippen LogP contribution in [0.3, 0.4) is 0 Å². The van der Waals surface area contributed by atoms with E-state index in [1.54, 1.807) is 0 Å². The number of rotatable bonds is 3. The SMILES string of the molecule is C#CCC(=O)O.C#CCCC(=O)O. The van der Waals surface area contributed by atoms with Crippen molar-refractivity contribution in [3.63, 3.8) is 0 Å². The Morgan fingerprint density at radius 3 is 1.69 bits per heavy atom. The van der Waals surface area contributed by atoms with Gasteiger partial charge in [0.1, 0.15) is 6.42 Å². The molecular formula is C9H10O4. The van der Waals surface area contributed by atoms with E-state index >= 15 is 0 Å². The van der Waals surface area contributed by atoms with Crippen LogP contribution >= 0.6 is 0 Å². The van der Waals surface area contributed by atoms with E-state index in [1.165, 1.54) is 0 Å². The van der Waals surface area contributed by atoms with Gasteiger partial charge in [0.2, 0.25) is 0 Å². The minimum absolute atomic E-state index is 0.0799. The highest BCUT2D eigenvalue weighted by molar-refractivity contribution is 5.69. The van der Waals surface area contributed by atoms with Gasteiger partial charge < -0.3 is 10.2 Å². The Bertz CT molecular complexity index is 241. The lowest BCUT2D eigenvalue weighted by Gasteiger charge is -1.80. The second-order valence-corrected chi connectivity index (χ2v) is 1.87. The van der Waals surface area contributed by atoms with E-state index in [2.05, 4.69) is 12.3 Å². The van der Waals surface area contributed by atoms with Crippen LogP contribution in [0.5, 0.6) is 0 Å². The standard InChI is InChI=1S/C5H6O2.C4H4O2/c1-2-3-4-5(6)7;1-2-3-4(5)6/h1H,3-4H2,(H,6,7);1H,3H2,(H,5,6). The Balaban J connectivity index is 0. The smallest absolute Gasteiger partial charge is 0.315 e. The Hall–Kier alpha value is -1.94. The van der Waals surface area contributed by atoms with Crippen molar-refractivity contribution in [1.82, 2.24) is 0 Å². The molecule has 0 saturated heterocycles. The number of hydrogen-bond donors (Lipinski definition) is 2. The summed E-state index contributed by atoms with van der Waals surface area (Å²) in [7, 11) is 0. The minimum atomic E-state index is -0.947. The highest BCUT2D eigenvalue weighted by atomic mass is 16.4. The van der Waals surface area contributed by atoms with Gasteiger partial charge in [-0.3, -0.25) is 9.59 Å². The number of carbonyl (C=O) groups is 2. The van der Waals surface area contributed by atoms with Gasteiger partial charge in [-0.1, -0.05) is 5.92 Å². The molecule has 0 fully saturated rings. The van der Waals surface area contributed by atoms with Crippen molar-refractivity contribution in [3.05, 3.63) is 0 Å². The van der Waals surface area contributed by atoms with Crippen molar-refractivity contribution < 1.29 is 19.8 Å². The lowest BCUT2D eigenvalue weighted by molar-refractivity contribution is -0.137. The van der Waals surface area contributed by atoms with E-state index in [0.717, 1.165) is 0 Å². The van der Waals surface area contributed by atoms with Crippen LogP contribution in [0.4, 0.5) is 0 Å². The number of hydrogen-bond acceptors (Lipinski definition) is 2. The van der Waals surface area contributed by atoms with Crippen LogP contribution in [0.1, 0.15) is 19.3 Å². The van der Waals surface area contributed by atoms with Gasteiger partial charge in [-0.15, -0.1) is 18.8 Å². The number of carboxylic acid groups (broad SMARTS) is 2. The maximum Gasteiger partial charge on any atom is 0.315 e. The molecule has 13 heavy (non-hydrogen) atoms. The summed E-state index contributed by atoms with van der Waals surface area (Å²) in [5.41, 5.74) is 0. The summed E-state index contributed by atoms with van der Waals surface area (Å²) in [6.07, 6.45) is 9.59. The van der Waals surface area contributed by atoms with Crippen LogP contribution in [0, 0.1) is 24.7 Å². The normalized spacial score (nSPS) is 6.92. The van der Waals surface area contributed by atoms with Gasteiger partial charge in [-0.05, 0) is 0 Å². The molecule has 0 aliphatic heterocycles. The van der Waals surface area contributed by atoms with Crippen LogP contribution in [0.15, 0.2) is 0 Å². The molecule has 70 valence electrons. The predicted molar refractivity (Wildman–Crippen MR) is 46.8 cm³/mol. The molecule has 0 unspecified atom stereocenters. The van der Waals surface area contributed by atoms with Crippen molar-refractivity contribution in [1.29, 1.82) is 0 Å². The summed E-state index contributed by atoms with van der Waals surface area (Å²) in [5, 5.41) is 15.7. The van der Waals surface area contributed by atoms with E-state index in [-0.39, 0.29) is 12.8 Å². The zero-order chi connectivity index (χ0) is 10.7. The number of terminal acetylenes is 2. The van der Waals surface area contributed by atoms with Gasteiger partial charge in [0.25, 0.3) is 0 Å². The van der Waals surface area contributed by atoms with E-state index < -0.39 is 11.9 Å². The van der Waals surface area contributed by atoms with E-state index in [1.807, 2.05) is 5.92 Å². The second-order valence-electron chi connectivity index (χ2n) is 1.87. The van der Waals surface area contributed by atoms with Gasteiger partial charge in [0.05, 0.1) is 6.42 Å². The van der Waals surface area contributed by atoms with Gasteiger partial charge in [0.15, 0.2) is 0 Å². The highest BCUT2D eigenvalue weighted by Crippen LogP contribution is 1.82. The van der Waals surface area contributed by atoms with Crippen molar-refractivity contribution in [2.24, 2.45) is 0 Å². The Morgan fingerprint density at radius 1 is 1.08 bits per heavy atom. The summed E-state index contributed by atoms with van der Waals surface area (Å²) >= 11 is 0. The molecule has 4 nitrogen and oxygen atoms in total. The molecule has 0 aliphatic rings. The molecule has 0 radical (unpaired) electrons. The Labute approximate surface area is 76.6 Å². The van der Waals surface area contributed by atoms with Crippen LogP contribution in [0.25, 0.3) is 0 Å². The molecule has 0 atom stereocenters. The highest BCUT2D eigenvalue weighted by Gasteiger charge is 1.89. The molecular weight excluding hydrogens is 172 g/mol. The lowest BCUT2D eigenvalue weighted by atomic mass is 10.3. The maximum atomic E-state index is 9.66. The third-order valence-corrected chi connectivity index (χ3v) is 0.736. The molecule has 2 N–H and O–H groups in total. The van der Waals surface area contributed by atoms with Gasteiger partial charge >= 0.3 is 11.9 Å². The minimum Gasteiger partial charge on any atom is -0.481 e. The summed E-state index contributed by atoms with van der Waals surface area (Å²) in [6, 6.07) is 0. The fourth-order valence-corrected chi connectivity index (χ4v) is 0.266. The van der Waals surface area contributed by atoms with Crippen LogP contribution in [-0.4, -0.2) is 22.2 Å². The van der Waals surface area contributed by atoms with E-state index in [0.29, 0.717) is 6.42 Å². The van der Waals surface area contributed by atoms with E-state index in [4.69, 9.17) is 16.6 Å². The second kappa shape index (κ2) is 10.1. The summed E-state index contributed by atoms with van der Waals surface area (Å²) in [6.45, 7) is 0. The van der Waals surface area contributed by atoms with Gasteiger partial charge in [-0.25, -0.2) is 0 Å². The van der Waals surface area contributed by atoms with E-state index in [9.17, 15) is 9.59 Å². The third-order valence-electron chi connectivity index (χ3n) is 0.736. The average Bonchev–Trinajstić information content (AvgIpc) is 2.01. The zero-order valence-electron chi connectivity index (χ0n) is 6.99. The molecule has 0 rings (SSSR count). The summed E-state index contributed by atoms with van der Waals surface area (Å²) in [5.74, 6) is 2.40. The lowest BCUT2D eigenvalue weighted by Crippen LogP contribution is -1.91. The molecule has 0 saturated carbocycles. The topological polar surface area (TPSA) is 74.6 Å². The first-order valence-corrected chi connectivity index (χ1v) is 3.35. The van der Waals surface area contributed by atoms with Crippen LogP contribution in [-0.2, 0) is 9.59 Å². The average molecular weight is 182 g/mol. The molecule has 4 heteroatoms. The fourth-order valence-electron chi connectivity index (χ4n) is 0.266. The van der Waals surface area contributed by atoms with Crippen LogP contribution < -0.4 is 0 Å². The molecule has 0 aliphatic carbocycles. The first kappa shape index (κ1) is 13.6. The first-order chi connectivity index (χ1) is 6.04. The zero-order valence-corrected chi connectivity index (χ0v) is 6.99. The van der Waals surface area contributed by atoms with Gasteiger partial charge in [-0.2, -0.15) is 0 Å². The van der Waals surface area contributed by atoms with Crippen LogP contribution in [0.2, 0.25) is 0 Å². The van der Waals surface area contributed by atoms with Crippen molar-refractivity contribution >= 4 is 11.9 Å². The van der Waals surface area contributed by atoms with Gasteiger partial charge in [0, 0.05) is 6.42 Å². The predicted octanol–water partition coefficient (Wildman–Crippen LogP) is 0.579. The molecule has 0 amide bonds. The molecule has 0 aromatic rings. The monoisotopic (exact) mass is 182 g/mol. The molecule has 0 heterocycles. The number of aliphatic carboxylic acids is 2. The Kier molecular flexibility index (Phi) is 10.6. The quantitative estimate of drug-likeness (QED) is 0.626. The van der Waals surface area contributed by atoms with Crippen molar-refractivity contribution in [2.45, 2.75) is 19.3 Å². The number of carboxylic acids is 2. The maximum absolute atomic E-state index is 9.66. The summed E-state index contributed by atoms with van der Waals surface area (Å²) in [4.78, 5) is 19.1.